The number of nitrogens with two attached hydrogens (primary N) is 1. The molecular weight excluding hydrogens is 264 g/mol. The SMILES string of the molecule is Cc1cc(C)cc(C(=O)N[C@H](C(N)=O)C2CCCCC2)c1. The van der Waals surface area contributed by atoms with Gasteiger partial charge in [-0.1, -0.05) is 36.5 Å². The van der Waals surface area contributed by atoms with E-state index >= 15 is 0 Å². The number of hydrogen-bond donors (Lipinski definition) is 2. The Bertz CT molecular complexity index is 513. The molecule has 0 bridgehead atoms. The molecule has 0 spiro atoms. The fourth-order valence-corrected chi connectivity index (χ4v) is 3.22. The van der Waals surface area contributed by atoms with Crippen LogP contribution < -0.4 is 11.1 Å². The van der Waals surface area contributed by atoms with Crippen molar-refractivity contribution >= 4 is 11.8 Å². The second-order valence-electron chi connectivity index (χ2n) is 6.13. The molecule has 0 radical (unpaired) electrons. The van der Waals surface area contributed by atoms with Gasteiger partial charge in [0, 0.05) is 5.56 Å². The number of rotatable bonds is 4. The minimum absolute atomic E-state index is 0.172. The molecule has 21 heavy (non-hydrogen) atoms. The third-order valence-corrected chi connectivity index (χ3v) is 4.20. The summed E-state index contributed by atoms with van der Waals surface area (Å²) in [7, 11) is 0. The van der Waals surface area contributed by atoms with Crippen molar-refractivity contribution in [1.29, 1.82) is 0 Å². The summed E-state index contributed by atoms with van der Waals surface area (Å²) in [5.74, 6) is -0.470. The van der Waals surface area contributed by atoms with Crippen molar-refractivity contribution in [2.75, 3.05) is 0 Å². The van der Waals surface area contributed by atoms with Crippen LogP contribution in [-0.2, 0) is 4.79 Å². The van der Waals surface area contributed by atoms with Crippen LogP contribution in [-0.4, -0.2) is 17.9 Å². The normalized spacial score (nSPS) is 17.2. The lowest BCUT2D eigenvalue weighted by Gasteiger charge is -2.28. The van der Waals surface area contributed by atoms with Crippen LogP contribution in [0.15, 0.2) is 18.2 Å². The second-order valence-corrected chi connectivity index (χ2v) is 6.13. The van der Waals surface area contributed by atoms with Crippen LogP contribution in [0.4, 0.5) is 0 Å². The first-order valence-corrected chi connectivity index (χ1v) is 7.66. The molecule has 0 aliphatic heterocycles. The fraction of sp³-hybridized carbons (Fsp3) is 0.529. The number of amides is 2. The first-order valence-electron chi connectivity index (χ1n) is 7.66. The van der Waals surface area contributed by atoms with Crippen LogP contribution >= 0.6 is 0 Å². The molecule has 2 amide bonds. The van der Waals surface area contributed by atoms with Crippen molar-refractivity contribution in [3.05, 3.63) is 34.9 Å². The largest absolute Gasteiger partial charge is 0.368 e. The van der Waals surface area contributed by atoms with Gasteiger partial charge in [0.05, 0.1) is 0 Å². The minimum atomic E-state index is -0.557. The zero-order valence-electron chi connectivity index (χ0n) is 12.8. The summed E-state index contributed by atoms with van der Waals surface area (Å²) >= 11 is 0. The Morgan fingerprint density at radius 3 is 2.19 bits per heavy atom. The number of primary amides is 1. The molecule has 1 fully saturated rings. The summed E-state index contributed by atoms with van der Waals surface area (Å²) in [6.45, 7) is 3.91. The molecule has 114 valence electrons. The summed E-state index contributed by atoms with van der Waals surface area (Å²) in [4.78, 5) is 24.1. The van der Waals surface area contributed by atoms with Crippen LogP contribution in [0, 0.1) is 19.8 Å². The lowest BCUT2D eigenvalue weighted by molar-refractivity contribution is -0.121. The Labute approximate surface area is 126 Å². The molecule has 1 saturated carbocycles. The van der Waals surface area contributed by atoms with E-state index in [9.17, 15) is 9.59 Å². The summed E-state index contributed by atoms with van der Waals surface area (Å²) < 4.78 is 0. The van der Waals surface area contributed by atoms with Gasteiger partial charge in [-0.15, -0.1) is 0 Å². The van der Waals surface area contributed by atoms with Gasteiger partial charge in [0.2, 0.25) is 5.91 Å². The van der Waals surface area contributed by atoms with Gasteiger partial charge >= 0.3 is 0 Å². The first-order chi connectivity index (χ1) is 9.97. The number of carbonyl (C=O) groups excluding carboxylic acids is 2. The summed E-state index contributed by atoms with van der Waals surface area (Å²) in [5.41, 5.74) is 8.16. The standard InChI is InChI=1S/C17H24N2O2/c1-11-8-12(2)10-14(9-11)17(21)19-15(16(18)20)13-6-4-3-5-7-13/h8-10,13,15H,3-7H2,1-2H3,(H2,18,20)(H,19,21)/t15-/m0/s1. The predicted octanol–water partition coefficient (Wildman–Crippen LogP) is 2.47. The monoisotopic (exact) mass is 288 g/mol. The summed E-state index contributed by atoms with van der Waals surface area (Å²) in [5, 5.41) is 2.84. The van der Waals surface area contributed by atoms with E-state index in [1.54, 1.807) is 0 Å². The smallest absolute Gasteiger partial charge is 0.251 e. The van der Waals surface area contributed by atoms with Crippen molar-refractivity contribution in [2.24, 2.45) is 11.7 Å². The van der Waals surface area contributed by atoms with Gasteiger partial charge in [0.15, 0.2) is 0 Å². The van der Waals surface area contributed by atoms with Gasteiger partial charge in [0.1, 0.15) is 6.04 Å². The zero-order valence-corrected chi connectivity index (χ0v) is 12.8. The molecule has 4 nitrogen and oxygen atoms in total. The van der Waals surface area contributed by atoms with E-state index in [4.69, 9.17) is 5.73 Å². The van der Waals surface area contributed by atoms with Gasteiger partial charge in [-0.2, -0.15) is 0 Å². The van der Waals surface area contributed by atoms with Gasteiger partial charge in [0.25, 0.3) is 5.91 Å². The van der Waals surface area contributed by atoms with Crippen LogP contribution in [0.5, 0.6) is 0 Å². The number of nitrogens with one attached hydrogen (secondary N) is 1. The van der Waals surface area contributed by atoms with E-state index in [1.807, 2.05) is 32.0 Å². The Morgan fingerprint density at radius 2 is 1.67 bits per heavy atom. The lowest BCUT2D eigenvalue weighted by Crippen LogP contribution is -2.49. The maximum absolute atomic E-state index is 12.4. The topological polar surface area (TPSA) is 72.2 Å². The maximum atomic E-state index is 12.4. The third-order valence-electron chi connectivity index (χ3n) is 4.20. The van der Waals surface area contributed by atoms with E-state index in [2.05, 4.69) is 5.32 Å². The van der Waals surface area contributed by atoms with E-state index < -0.39 is 11.9 Å². The molecule has 1 aliphatic rings. The average molecular weight is 288 g/mol. The number of carbonyl (C=O) groups is 2. The van der Waals surface area contributed by atoms with Crippen LogP contribution in [0.3, 0.4) is 0 Å². The highest BCUT2D eigenvalue weighted by atomic mass is 16.2. The van der Waals surface area contributed by atoms with Gasteiger partial charge in [-0.25, -0.2) is 0 Å². The Kier molecular flexibility index (Phi) is 4.99. The number of benzene rings is 1. The molecule has 1 aromatic carbocycles. The Morgan fingerprint density at radius 1 is 1.10 bits per heavy atom. The van der Waals surface area contributed by atoms with Gasteiger partial charge in [-0.05, 0) is 44.7 Å². The maximum Gasteiger partial charge on any atom is 0.251 e. The Balaban J connectivity index is 2.12. The molecule has 3 N–H and O–H groups in total. The van der Waals surface area contributed by atoms with Crippen molar-refractivity contribution in [3.8, 4) is 0 Å². The van der Waals surface area contributed by atoms with E-state index in [1.165, 1.54) is 6.42 Å². The van der Waals surface area contributed by atoms with E-state index in [0.717, 1.165) is 36.8 Å². The lowest BCUT2D eigenvalue weighted by atomic mass is 9.83. The summed E-state index contributed by atoms with van der Waals surface area (Å²) in [6, 6.07) is 5.13. The molecule has 1 atom stereocenters. The molecule has 4 heteroatoms. The van der Waals surface area contributed by atoms with E-state index in [-0.39, 0.29) is 11.8 Å². The average Bonchev–Trinajstić information content (AvgIpc) is 2.44. The molecule has 0 unspecified atom stereocenters. The quantitative estimate of drug-likeness (QED) is 0.893. The van der Waals surface area contributed by atoms with Crippen molar-refractivity contribution in [3.63, 3.8) is 0 Å². The molecule has 1 aromatic rings. The zero-order chi connectivity index (χ0) is 15.4. The van der Waals surface area contributed by atoms with E-state index in [0.29, 0.717) is 5.56 Å². The van der Waals surface area contributed by atoms with Crippen LogP contribution in [0.2, 0.25) is 0 Å². The van der Waals surface area contributed by atoms with Crippen LogP contribution in [0.1, 0.15) is 53.6 Å². The minimum Gasteiger partial charge on any atom is -0.368 e. The molecular formula is C17H24N2O2. The highest BCUT2D eigenvalue weighted by Gasteiger charge is 2.29. The molecule has 0 heterocycles. The second kappa shape index (κ2) is 6.74. The summed E-state index contributed by atoms with van der Waals surface area (Å²) in [6.07, 6.45) is 5.33. The van der Waals surface area contributed by atoms with Gasteiger partial charge < -0.3 is 11.1 Å². The fourth-order valence-electron chi connectivity index (χ4n) is 3.22. The Hall–Kier alpha value is -1.84. The van der Waals surface area contributed by atoms with Gasteiger partial charge in [-0.3, -0.25) is 9.59 Å². The predicted molar refractivity (Wildman–Crippen MR) is 82.9 cm³/mol. The highest BCUT2D eigenvalue weighted by molar-refractivity contribution is 5.97. The molecule has 0 saturated heterocycles. The number of aryl methyl sites for hydroxylation is 2. The van der Waals surface area contributed by atoms with Crippen LogP contribution in [0.25, 0.3) is 0 Å². The van der Waals surface area contributed by atoms with Crippen molar-refractivity contribution in [2.45, 2.75) is 52.0 Å². The van der Waals surface area contributed by atoms with Crippen molar-refractivity contribution < 1.29 is 9.59 Å². The molecule has 0 aromatic heterocycles. The molecule has 1 aliphatic carbocycles. The highest BCUT2D eigenvalue weighted by Crippen LogP contribution is 2.26. The van der Waals surface area contributed by atoms with Crippen molar-refractivity contribution in [1.82, 2.24) is 5.32 Å². The number of hydrogen-bond acceptors (Lipinski definition) is 2. The molecule has 2 rings (SSSR count). The first kappa shape index (κ1) is 15.5. The third kappa shape index (κ3) is 4.06.